The van der Waals surface area contributed by atoms with Gasteiger partial charge in [-0.25, -0.2) is 4.79 Å². The SMILES string of the molecule is O=C(N[C@@H](CNC1C[C@@H](O)[C@H](O)C1)C(=O)O)c1c(Cl)cc2c(c1Cl)CCN(C(=O)c1ccc3ccoc3c1)C2. The standard InChI is InChI=1S/C27H27Cl2N3O7/c28-18-7-15-12-32(26(36)14-2-1-13-4-6-39-22(13)8-14)5-3-17(15)24(29)23(18)25(35)31-19(27(37)38)11-30-16-9-20(33)21(34)10-16/h1-2,4,6-8,16,19-21,30,33-34H,3,5,9-12H2,(H,31,35)(H,37,38)/t19-,20+,21+/m0/s1. The Morgan fingerprint density at radius 3 is 2.56 bits per heavy atom. The molecule has 5 rings (SSSR count). The van der Waals surface area contributed by atoms with Crippen molar-refractivity contribution in [3.8, 4) is 0 Å². The Morgan fingerprint density at radius 2 is 1.85 bits per heavy atom. The van der Waals surface area contributed by atoms with Crippen LogP contribution in [0.15, 0.2) is 41.0 Å². The molecule has 1 saturated carbocycles. The topological polar surface area (TPSA) is 152 Å². The minimum atomic E-state index is -1.30. The number of aliphatic hydroxyl groups is 2. The summed E-state index contributed by atoms with van der Waals surface area (Å²) in [5.74, 6) is -2.17. The van der Waals surface area contributed by atoms with Crippen LogP contribution >= 0.6 is 23.2 Å². The van der Waals surface area contributed by atoms with E-state index in [-0.39, 0.29) is 53.5 Å². The summed E-state index contributed by atoms with van der Waals surface area (Å²) in [7, 11) is 0. The fraction of sp³-hybridized carbons (Fsp3) is 0.370. The van der Waals surface area contributed by atoms with Crippen LogP contribution in [0, 0.1) is 0 Å². The van der Waals surface area contributed by atoms with Crippen molar-refractivity contribution in [2.24, 2.45) is 0 Å². The molecule has 3 atom stereocenters. The predicted molar refractivity (Wildman–Crippen MR) is 143 cm³/mol. The summed E-state index contributed by atoms with van der Waals surface area (Å²) in [6.45, 7) is 0.490. The van der Waals surface area contributed by atoms with E-state index >= 15 is 0 Å². The maximum absolute atomic E-state index is 13.2. The van der Waals surface area contributed by atoms with Gasteiger partial charge in [0, 0.05) is 36.6 Å². The fourth-order valence-electron chi connectivity index (χ4n) is 5.18. The quantitative estimate of drug-likeness (QED) is 0.288. The number of amides is 2. The molecular weight excluding hydrogens is 549 g/mol. The summed E-state index contributed by atoms with van der Waals surface area (Å²) in [5, 5.41) is 35.5. The van der Waals surface area contributed by atoms with Gasteiger partial charge >= 0.3 is 5.97 Å². The molecule has 1 aromatic heterocycles. The smallest absolute Gasteiger partial charge is 0.327 e. The van der Waals surface area contributed by atoms with Gasteiger partial charge < -0.3 is 35.3 Å². The van der Waals surface area contributed by atoms with Gasteiger partial charge in [-0.1, -0.05) is 29.3 Å². The Hall–Kier alpha value is -3.15. The van der Waals surface area contributed by atoms with Crippen molar-refractivity contribution in [2.45, 2.75) is 50.1 Å². The molecule has 1 aliphatic heterocycles. The molecule has 1 fully saturated rings. The number of aliphatic carboxylic acids is 1. The van der Waals surface area contributed by atoms with E-state index in [0.717, 1.165) is 5.39 Å². The van der Waals surface area contributed by atoms with Gasteiger partial charge in [0.25, 0.3) is 11.8 Å². The molecule has 2 heterocycles. The molecule has 0 saturated heterocycles. The highest BCUT2D eigenvalue weighted by Crippen LogP contribution is 2.35. The number of fused-ring (bicyclic) bond motifs is 2. The first kappa shape index (κ1) is 27.4. The molecule has 0 unspecified atom stereocenters. The van der Waals surface area contributed by atoms with Crippen molar-refractivity contribution >= 4 is 52.0 Å². The Kier molecular flexibility index (Phi) is 7.84. The number of benzene rings is 2. The molecule has 39 heavy (non-hydrogen) atoms. The first-order valence-electron chi connectivity index (χ1n) is 12.5. The second-order valence-electron chi connectivity index (χ2n) is 9.91. The van der Waals surface area contributed by atoms with E-state index in [1.807, 2.05) is 12.1 Å². The van der Waals surface area contributed by atoms with Gasteiger partial charge in [0.15, 0.2) is 0 Å². The van der Waals surface area contributed by atoms with E-state index in [1.54, 1.807) is 29.4 Å². The molecule has 12 heteroatoms. The predicted octanol–water partition coefficient (Wildman–Crippen LogP) is 2.59. The summed E-state index contributed by atoms with van der Waals surface area (Å²) in [5.41, 5.74) is 2.46. The Balaban J connectivity index is 1.29. The lowest BCUT2D eigenvalue weighted by molar-refractivity contribution is -0.139. The molecule has 2 amide bonds. The monoisotopic (exact) mass is 575 g/mol. The number of halogens is 2. The number of hydrogen-bond donors (Lipinski definition) is 5. The lowest BCUT2D eigenvalue weighted by Gasteiger charge is -2.30. The molecular formula is C27H27Cl2N3O7. The van der Waals surface area contributed by atoms with E-state index in [9.17, 15) is 29.7 Å². The van der Waals surface area contributed by atoms with Gasteiger partial charge in [0.05, 0.1) is 34.1 Å². The van der Waals surface area contributed by atoms with E-state index in [1.165, 1.54) is 0 Å². The van der Waals surface area contributed by atoms with Crippen LogP contribution in [0.25, 0.3) is 11.0 Å². The van der Waals surface area contributed by atoms with Gasteiger partial charge in [-0.3, -0.25) is 9.59 Å². The molecule has 206 valence electrons. The number of carbonyl (C=O) groups is 3. The zero-order valence-corrected chi connectivity index (χ0v) is 22.2. The molecule has 2 aromatic carbocycles. The molecule has 10 nitrogen and oxygen atoms in total. The van der Waals surface area contributed by atoms with Gasteiger partial charge in [0.2, 0.25) is 0 Å². The van der Waals surface area contributed by atoms with Crippen molar-refractivity contribution < 1.29 is 34.1 Å². The van der Waals surface area contributed by atoms with Crippen molar-refractivity contribution in [1.29, 1.82) is 0 Å². The highest BCUT2D eigenvalue weighted by molar-refractivity contribution is 6.40. The molecule has 1 aliphatic carbocycles. The van der Waals surface area contributed by atoms with Gasteiger partial charge in [-0.15, -0.1) is 0 Å². The third kappa shape index (κ3) is 5.61. The van der Waals surface area contributed by atoms with Crippen LogP contribution in [0.2, 0.25) is 10.0 Å². The third-order valence-electron chi connectivity index (χ3n) is 7.33. The number of carboxylic acid groups (broad SMARTS) is 1. The second-order valence-corrected chi connectivity index (χ2v) is 10.7. The highest BCUT2D eigenvalue weighted by atomic mass is 35.5. The average molecular weight is 576 g/mol. The van der Waals surface area contributed by atoms with Crippen molar-refractivity contribution in [3.63, 3.8) is 0 Å². The average Bonchev–Trinajstić information content (AvgIpc) is 3.50. The minimum Gasteiger partial charge on any atom is -0.480 e. The number of carbonyl (C=O) groups excluding carboxylic acids is 2. The van der Waals surface area contributed by atoms with Gasteiger partial charge in [-0.05, 0) is 54.7 Å². The molecule has 0 bridgehead atoms. The summed E-state index contributed by atoms with van der Waals surface area (Å²) in [4.78, 5) is 39.7. The van der Waals surface area contributed by atoms with E-state index in [0.29, 0.717) is 35.2 Å². The largest absolute Gasteiger partial charge is 0.480 e. The van der Waals surface area contributed by atoms with Crippen molar-refractivity contribution in [1.82, 2.24) is 15.5 Å². The normalized spacial score (nSPS) is 20.2. The molecule has 5 N–H and O–H groups in total. The lowest BCUT2D eigenvalue weighted by atomic mass is 9.96. The third-order valence-corrected chi connectivity index (χ3v) is 8.05. The Morgan fingerprint density at radius 1 is 1.10 bits per heavy atom. The highest BCUT2D eigenvalue weighted by Gasteiger charge is 2.33. The number of rotatable bonds is 7. The molecule has 0 radical (unpaired) electrons. The number of aliphatic hydroxyl groups excluding tert-OH is 2. The number of nitrogens with zero attached hydrogens (tertiary/aromatic N) is 1. The van der Waals surface area contributed by atoms with E-state index < -0.39 is 30.1 Å². The Bertz CT molecular complexity index is 1430. The van der Waals surface area contributed by atoms with Crippen LogP contribution in [0.5, 0.6) is 0 Å². The van der Waals surface area contributed by atoms with E-state index in [4.69, 9.17) is 27.6 Å². The summed E-state index contributed by atoms with van der Waals surface area (Å²) in [6.07, 6.45) is 0.756. The van der Waals surface area contributed by atoms with E-state index in [2.05, 4.69) is 10.6 Å². The van der Waals surface area contributed by atoms with Gasteiger partial charge in [0.1, 0.15) is 11.6 Å². The second kappa shape index (κ2) is 11.1. The Labute approximate surface area is 233 Å². The summed E-state index contributed by atoms with van der Waals surface area (Å²) < 4.78 is 5.41. The maximum Gasteiger partial charge on any atom is 0.327 e. The molecule has 2 aliphatic rings. The summed E-state index contributed by atoms with van der Waals surface area (Å²) >= 11 is 13.1. The lowest BCUT2D eigenvalue weighted by Crippen LogP contribution is -2.49. The van der Waals surface area contributed by atoms with Crippen molar-refractivity contribution in [2.75, 3.05) is 13.1 Å². The molecule has 3 aromatic rings. The van der Waals surface area contributed by atoms with Crippen LogP contribution in [0.4, 0.5) is 0 Å². The van der Waals surface area contributed by atoms with Gasteiger partial charge in [-0.2, -0.15) is 0 Å². The van der Waals surface area contributed by atoms with Crippen molar-refractivity contribution in [3.05, 3.63) is 68.9 Å². The number of nitrogens with one attached hydrogen (secondary N) is 2. The first-order valence-corrected chi connectivity index (χ1v) is 13.3. The fourth-order valence-corrected chi connectivity index (χ4v) is 5.94. The maximum atomic E-state index is 13.2. The van der Waals surface area contributed by atoms with Crippen LogP contribution in [0.1, 0.15) is 44.7 Å². The zero-order chi connectivity index (χ0) is 27.8. The number of furan rings is 1. The summed E-state index contributed by atoms with van der Waals surface area (Å²) in [6, 6.07) is 7.09. The van der Waals surface area contributed by atoms with Crippen LogP contribution < -0.4 is 10.6 Å². The number of hydrogen-bond acceptors (Lipinski definition) is 7. The van der Waals surface area contributed by atoms with Crippen LogP contribution in [-0.4, -0.2) is 75.4 Å². The number of carboxylic acids is 1. The van der Waals surface area contributed by atoms with Crippen LogP contribution in [-0.2, 0) is 17.8 Å². The molecule has 0 spiro atoms. The first-order chi connectivity index (χ1) is 18.6. The van der Waals surface area contributed by atoms with Crippen LogP contribution in [0.3, 0.4) is 0 Å². The zero-order valence-electron chi connectivity index (χ0n) is 20.7. The minimum absolute atomic E-state index is 0.0295.